The van der Waals surface area contributed by atoms with Gasteiger partial charge < -0.3 is 10.1 Å². The van der Waals surface area contributed by atoms with Crippen LogP contribution >= 0.6 is 0 Å². The zero-order valence-electron chi connectivity index (χ0n) is 15.6. The number of carbonyl (C=O) groups excluding carboxylic acids is 2. The number of methoxy groups -OCH3 is 1. The fourth-order valence-electron chi connectivity index (χ4n) is 2.99. The molecule has 3 rings (SSSR count). The molecule has 0 saturated carbocycles. The van der Waals surface area contributed by atoms with Gasteiger partial charge >= 0.3 is 5.97 Å². The van der Waals surface area contributed by atoms with Crippen LogP contribution in [-0.4, -0.2) is 19.0 Å². The highest BCUT2D eigenvalue weighted by Gasteiger charge is 2.15. The van der Waals surface area contributed by atoms with Gasteiger partial charge in [-0.2, -0.15) is 0 Å². The van der Waals surface area contributed by atoms with Crippen molar-refractivity contribution in [1.29, 1.82) is 0 Å². The van der Waals surface area contributed by atoms with E-state index in [1.165, 1.54) is 13.2 Å². The second-order valence-corrected chi connectivity index (χ2v) is 6.37. The highest BCUT2D eigenvalue weighted by Crippen LogP contribution is 2.23. The van der Waals surface area contributed by atoms with Crippen molar-refractivity contribution in [2.75, 3.05) is 12.4 Å². The molecular weight excluding hydrogens is 338 g/mol. The van der Waals surface area contributed by atoms with Crippen LogP contribution in [0, 0.1) is 6.92 Å². The summed E-state index contributed by atoms with van der Waals surface area (Å²) in [6.07, 6.45) is 1.54. The van der Waals surface area contributed by atoms with Crippen LogP contribution in [0.5, 0.6) is 0 Å². The molecule has 0 aliphatic heterocycles. The van der Waals surface area contributed by atoms with Crippen LogP contribution in [0.4, 0.5) is 5.69 Å². The molecule has 1 N–H and O–H groups in total. The lowest BCUT2D eigenvalue weighted by atomic mass is 10.0. The number of hydrogen-bond acceptors (Lipinski definition) is 3. The number of anilines is 1. The van der Waals surface area contributed by atoms with Crippen molar-refractivity contribution in [3.63, 3.8) is 0 Å². The van der Waals surface area contributed by atoms with Gasteiger partial charge in [0.05, 0.1) is 18.4 Å². The van der Waals surface area contributed by atoms with Gasteiger partial charge in [-0.05, 0) is 53.5 Å². The summed E-state index contributed by atoms with van der Waals surface area (Å²) in [5.41, 5.74) is 3.41. The fraction of sp³-hybridized carbons (Fsp3) is 0.130. The molecule has 1 amide bonds. The Bertz CT molecular complexity index is 1050. The Morgan fingerprint density at radius 2 is 1.70 bits per heavy atom. The molecule has 27 heavy (non-hydrogen) atoms. The van der Waals surface area contributed by atoms with Gasteiger partial charge in [-0.15, -0.1) is 0 Å². The largest absolute Gasteiger partial charge is 0.465 e. The minimum Gasteiger partial charge on any atom is -0.465 e. The van der Waals surface area contributed by atoms with Gasteiger partial charge in [0.25, 0.3) is 0 Å². The van der Waals surface area contributed by atoms with Gasteiger partial charge in [0, 0.05) is 6.08 Å². The molecule has 0 aliphatic rings. The van der Waals surface area contributed by atoms with E-state index in [9.17, 15) is 9.59 Å². The third kappa shape index (κ3) is 4.06. The SMILES string of the molecule is COC(=O)c1cccc(C)c1NC(=O)/C=C(/C)c1ccc2ccccc2c1. The topological polar surface area (TPSA) is 55.4 Å². The molecule has 0 radical (unpaired) electrons. The summed E-state index contributed by atoms with van der Waals surface area (Å²) in [7, 11) is 1.32. The predicted molar refractivity (Wildman–Crippen MR) is 109 cm³/mol. The maximum absolute atomic E-state index is 12.5. The van der Waals surface area contributed by atoms with Crippen LogP contribution in [0.3, 0.4) is 0 Å². The van der Waals surface area contributed by atoms with Crippen molar-refractivity contribution in [3.8, 4) is 0 Å². The number of esters is 1. The van der Waals surface area contributed by atoms with Gasteiger partial charge in [-0.1, -0.05) is 48.5 Å². The number of rotatable bonds is 4. The van der Waals surface area contributed by atoms with Crippen molar-refractivity contribution >= 4 is 33.9 Å². The standard InChI is InChI=1S/C23H21NO3/c1-15-7-6-10-20(23(26)27-3)22(15)24-21(25)13-16(2)18-12-11-17-8-4-5-9-19(17)14-18/h4-14H,1-3H3,(H,24,25)/b16-13-. The normalized spacial score (nSPS) is 11.3. The highest BCUT2D eigenvalue weighted by atomic mass is 16.5. The van der Waals surface area contributed by atoms with Gasteiger partial charge in [0.2, 0.25) is 5.91 Å². The first-order valence-electron chi connectivity index (χ1n) is 8.66. The van der Waals surface area contributed by atoms with E-state index in [1.807, 2.05) is 50.2 Å². The lowest BCUT2D eigenvalue weighted by Gasteiger charge is -2.12. The molecule has 3 aromatic rings. The summed E-state index contributed by atoms with van der Waals surface area (Å²) < 4.78 is 4.80. The molecule has 0 bridgehead atoms. The second kappa shape index (κ2) is 7.87. The maximum Gasteiger partial charge on any atom is 0.339 e. The summed E-state index contributed by atoms with van der Waals surface area (Å²) in [4.78, 5) is 24.5. The number of fused-ring (bicyclic) bond motifs is 1. The smallest absolute Gasteiger partial charge is 0.339 e. The molecule has 0 saturated heterocycles. The molecular formula is C23H21NO3. The Kier molecular flexibility index (Phi) is 5.36. The van der Waals surface area contributed by atoms with Crippen molar-refractivity contribution in [3.05, 3.63) is 83.4 Å². The molecule has 0 unspecified atom stereocenters. The van der Waals surface area contributed by atoms with Crippen molar-refractivity contribution in [2.24, 2.45) is 0 Å². The second-order valence-electron chi connectivity index (χ2n) is 6.37. The molecule has 0 atom stereocenters. The maximum atomic E-state index is 12.5. The molecule has 4 nitrogen and oxygen atoms in total. The third-order valence-corrected chi connectivity index (χ3v) is 4.48. The number of benzene rings is 3. The van der Waals surface area contributed by atoms with E-state index in [0.717, 1.165) is 27.5 Å². The molecule has 4 heteroatoms. The summed E-state index contributed by atoms with van der Waals surface area (Å²) >= 11 is 0. The number of para-hydroxylation sites is 1. The Labute approximate surface area is 158 Å². The van der Waals surface area contributed by atoms with Crippen LogP contribution in [0.25, 0.3) is 16.3 Å². The van der Waals surface area contributed by atoms with E-state index in [2.05, 4.69) is 17.4 Å². The molecule has 3 aromatic carbocycles. The molecule has 0 fully saturated rings. The quantitative estimate of drug-likeness (QED) is 0.528. The zero-order valence-corrected chi connectivity index (χ0v) is 15.6. The van der Waals surface area contributed by atoms with Crippen molar-refractivity contribution in [1.82, 2.24) is 0 Å². The van der Waals surface area contributed by atoms with E-state index in [-0.39, 0.29) is 5.91 Å². The summed E-state index contributed by atoms with van der Waals surface area (Å²) in [5.74, 6) is -0.774. The minimum absolute atomic E-state index is 0.292. The molecule has 0 heterocycles. The fourth-order valence-corrected chi connectivity index (χ4v) is 2.99. The van der Waals surface area contributed by atoms with E-state index >= 15 is 0 Å². The van der Waals surface area contributed by atoms with Crippen LogP contribution in [0.15, 0.2) is 66.7 Å². The third-order valence-electron chi connectivity index (χ3n) is 4.48. The van der Waals surface area contributed by atoms with Crippen molar-refractivity contribution < 1.29 is 14.3 Å². The number of nitrogens with one attached hydrogen (secondary N) is 1. The molecule has 0 spiro atoms. The Morgan fingerprint density at radius 3 is 2.44 bits per heavy atom. The van der Waals surface area contributed by atoms with Gasteiger partial charge in [0.15, 0.2) is 0 Å². The summed E-state index contributed by atoms with van der Waals surface area (Å²) in [6, 6.07) is 19.4. The van der Waals surface area contributed by atoms with E-state index < -0.39 is 5.97 Å². The predicted octanol–water partition coefficient (Wildman–Crippen LogP) is 4.98. The van der Waals surface area contributed by atoms with E-state index in [0.29, 0.717) is 11.3 Å². The number of aryl methyl sites for hydroxylation is 1. The highest BCUT2D eigenvalue weighted by molar-refractivity contribution is 6.08. The first-order valence-corrected chi connectivity index (χ1v) is 8.66. The van der Waals surface area contributed by atoms with Gasteiger partial charge in [-0.25, -0.2) is 4.79 Å². The van der Waals surface area contributed by atoms with Crippen LogP contribution in [0.1, 0.15) is 28.4 Å². The van der Waals surface area contributed by atoms with Gasteiger partial charge in [0.1, 0.15) is 0 Å². The summed E-state index contributed by atoms with van der Waals surface area (Å²) in [5, 5.41) is 5.09. The number of allylic oxidation sites excluding steroid dienone is 1. The zero-order chi connectivity index (χ0) is 19.4. The van der Waals surface area contributed by atoms with Crippen LogP contribution in [0.2, 0.25) is 0 Å². The van der Waals surface area contributed by atoms with E-state index in [4.69, 9.17) is 4.74 Å². The number of amides is 1. The number of hydrogen-bond donors (Lipinski definition) is 1. The average Bonchev–Trinajstić information content (AvgIpc) is 2.68. The van der Waals surface area contributed by atoms with Crippen LogP contribution < -0.4 is 5.32 Å². The van der Waals surface area contributed by atoms with E-state index in [1.54, 1.807) is 12.1 Å². The average molecular weight is 359 g/mol. The summed E-state index contributed by atoms with van der Waals surface area (Å²) in [6.45, 7) is 3.73. The van der Waals surface area contributed by atoms with Crippen molar-refractivity contribution in [2.45, 2.75) is 13.8 Å². The molecule has 0 aromatic heterocycles. The molecule has 0 aliphatic carbocycles. The van der Waals surface area contributed by atoms with Gasteiger partial charge in [-0.3, -0.25) is 4.79 Å². The van der Waals surface area contributed by atoms with Crippen LogP contribution in [-0.2, 0) is 9.53 Å². The number of ether oxygens (including phenoxy) is 1. The molecule has 136 valence electrons. The lowest BCUT2D eigenvalue weighted by molar-refractivity contribution is -0.111. The monoisotopic (exact) mass is 359 g/mol. The number of carbonyl (C=O) groups is 2. The Morgan fingerprint density at radius 1 is 0.963 bits per heavy atom. The minimum atomic E-state index is -0.482. The first kappa shape index (κ1) is 18.4. The lowest BCUT2D eigenvalue weighted by Crippen LogP contribution is -2.14. The Hall–Kier alpha value is -3.40. The Balaban J connectivity index is 1.87. The first-order chi connectivity index (χ1) is 13.0.